The van der Waals surface area contributed by atoms with Crippen LogP contribution >= 0.6 is 0 Å². The molecule has 0 amide bonds. The van der Waals surface area contributed by atoms with Crippen LogP contribution in [-0.2, 0) is 0 Å². The highest BCUT2D eigenvalue weighted by Gasteiger charge is 2.11. The fourth-order valence-corrected chi connectivity index (χ4v) is 2.18. The first kappa shape index (κ1) is 17.9. The molecule has 0 saturated carbocycles. The second-order valence-corrected chi connectivity index (χ2v) is 5.24. The van der Waals surface area contributed by atoms with Gasteiger partial charge in [0, 0.05) is 6.07 Å². The lowest BCUT2D eigenvalue weighted by Gasteiger charge is -2.09. The van der Waals surface area contributed by atoms with E-state index in [1.807, 2.05) is 6.07 Å². The molecule has 21 heavy (non-hydrogen) atoms. The van der Waals surface area contributed by atoms with Crippen LogP contribution in [0.15, 0.2) is 24.3 Å². The van der Waals surface area contributed by atoms with Crippen molar-refractivity contribution in [2.24, 2.45) is 0 Å². The second-order valence-electron chi connectivity index (χ2n) is 5.24. The maximum Gasteiger partial charge on any atom is 0.707 e. The second kappa shape index (κ2) is 11.5. The molecular formula is C16H27BO4. The van der Waals surface area contributed by atoms with E-state index >= 15 is 0 Å². The molecule has 0 heterocycles. The summed E-state index contributed by atoms with van der Waals surface area (Å²) in [5, 5.41) is 17.5. The molecule has 0 aliphatic rings. The molecule has 1 rings (SSSR count). The van der Waals surface area contributed by atoms with Crippen molar-refractivity contribution in [1.82, 2.24) is 0 Å². The lowest BCUT2D eigenvalue weighted by Crippen LogP contribution is -2.20. The van der Waals surface area contributed by atoms with Gasteiger partial charge in [0.1, 0.15) is 11.5 Å². The molecule has 118 valence electrons. The van der Waals surface area contributed by atoms with E-state index in [-0.39, 0.29) is 0 Å². The van der Waals surface area contributed by atoms with Crippen LogP contribution in [0.25, 0.3) is 0 Å². The van der Waals surface area contributed by atoms with Gasteiger partial charge in [-0.25, -0.2) is 0 Å². The Hall–Kier alpha value is -1.20. The van der Waals surface area contributed by atoms with Crippen LogP contribution in [-0.4, -0.2) is 24.0 Å². The van der Waals surface area contributed by atoms with E-state index in [0.29, 0.717) is 18.1 Å². The molecule has 0 aliphatic carbocycles. The molecule has 1 aromatic rings. The van der Waals surface area contributed by atoms with Crippen molar-refractivity contribution in [3.63, 3.8) is 0 Å². The molecule has 1 aromatic carbocycles. The van der Waals surface area contributed by atoms with Crippen molar-refractivity contribution in [2.45, 2.75) is 58.3 Å². The predicted octanol–water partition coefficient (Wildman–Crippen LogP) is 3.55. The van der Waals surface area contributed by atoms with Crippen LogP contribution in [0.3, 0.4) is 0 Å². The molecule has 0 fully saturated rings. The summed E-state index contributed by atoms with van der Waals surface area (Å²) in [6, 6.07) is 6.91. The van der Waals surface area contributed by atoms with Gasteiger partial charge in [0.2, 0.25) is 0 Å². The van der Waals surface area contributed by atoms with Gasteiger partial charge >= 0.3 is 7.32 Å². The van der Waals surface area contributed by atoms with Gasteiger partial charge in [-0.3, -0.25) is 0 Å². The standard InChI is InChI=1S/C16H27BO4/c1-2-3-4-5-6-7-8-9-13-20-15-11-10-12-16(14-15)21-17(18)19/h10-12,14,18-19H,2-9,13H2,1H3. The van der Waals surface area contributed by atoms with Crippen LogP contribution in [0.2, 0.25) is 0 Å². The minimum Gasteiger partial charge on any atom is -0.512 e. The van der Waals surface area contributed by atoms with Crippen LogP contribution in [0.4, 0.5) is 0 Å². The van der Waals surface area contributed by atoms with E-state index in [1.165, 1.54) is 44.9 Å². The van der Waals surface area contributed by atoms with Crippen LogP contribution < -0.4 is 9.39 Å². The van der Waals surface area contributed by atoms with Crippen molar-refractivity contribution >= 4 is 7.32 Å². The number of hydrogen-bond donors (Lipinski definition) is 2. The number of ether oxygens (including phenoxy) is 1. The van der Waals surface area contributed by atoms with Crippen molar-refractivity contribution in [3.05, 3.63) is 24.3 Å². The molecule has 0 atom stereocenters. The minimum atomic E-state index is -1.80. The summed E-state index contributed by atoms with van der Waals surface area (Å²) in [5.41, 5.74) is 0. The molecule has 0 spiro atoms. The monoisotopic (exact) mass is 294 g/mol. The topological polar surface area (TPSA) is 58.9 Å². The van der Waals surface area contributed by atoms with Crippen LogP contribution in [0, 0.1) is 0 Å². The van der Waals surface area contributed by atoms with Crippen LogP contribution in [0.1, 0.15) is 58.3 Å². The largest absolute Gasteiger partial charge is 0.707 e. The Morgan fingerprint density at radius 1 is 0.905 bits per heavy atom. The quantitative estimate of drug-likeness (QED) is 0.457. The summed E-state index contributed by atoms with van der Waals surface area (Å²) in [6.07, 6.45) is 10.2. The third-order valence-electron chi connectivity index (χ3n) is 3.31. The predicted molar refractivity (Wildman–Crippen MR) is 85.4 cm³/mol. The van der Waals surface area contributed by atoms with Gasteiger partial charge in [-0.15, -0.1) is 0 Å². The molecule has 0 saturated heterocycles. The third-order valence-corrected chi connectivity index (χ3v) is 3.31. The lowest BCUT2D eigenvalue weighted by molar-refractivity contribution is 0.284. The van der Waals surface area contributed by atoms with Crippen molar-refractivity contribution in [1.29, 1.82) is 0 Å². The summed E-state index contributed by atoms with van der Waals surface area (Å²) in [7, 11) is -1.80. The van der Waals surface area contributed by atoms with Gasteiger partial charge in [-0.1, -0.05) is 57.9 Å². The smallest absolute Gasteiger partial charge is 0.512 e. The highest BCUT2D eigenvalue weighted by molar-refractivity contribution is 6.33. The first-order valence-electron chi connectivity index (χ1n) is 7.98. The lowest BCUT2D eigenvalue weighted by atomic mass is 10.1. The van der Waals surface area contributed by atoms with Gasteiger partial charge in [-0.2, -0.15) is 0 Å². The fraction of sp³-hybridized carbons (Fsp3) is 0.625. The summed E-state index contributed by atoms with van der Waals surface area (Å²) in [5.74, 6) is 1.08. The number of rotatable bonds is 12. The maximum absolute atomic E-state index is 8.74. The van der Waals surface area contributed by atoms with Crippen molar-refractivity contribution in [2.75, 3.05) is 6.61 Å². The first-order valence-corrected chi connectivity index (χ1v) is 7.98. The maximum atomic E-state index is 8.74. The van der Waals surface area contributed by atoms with Gasteiger partial charge in [-0.05, 0) is 18.6 Å². The Bertz CT molecular complexity index is 371. The van der Waals surface area contributed by atoms with Crippen molar-refractivity contribution in [3.8, 4) is 11.5 Å². The molecular weight excluding hydrogens is 267 g/mol. The molecule has 0 aromatic heterocycles. The summed E-state index contributed by atoms with van der Waals surface area (Å²) < 4.78 is 10.4. The van der Waals surface area contributed by atoms with Crippen LogP contribution in [0.5, 0.6) is 11.5 Å². The number of unbranched alkanes of at least 4 members (excludes halogenated alkanes) is 7. The molecule has 0 radical (unpaired) electrons. The van der Waals surface area contributed by atoms with E-state index < -0.39 is 7.32 Å². The van der Waals surface area contributed by atoms with E-state index in [0.717, 1.165) is 6.42 Å². The Morgan fingerprint density at radius 2 is 1.52 bits per heavy atom. The Morgan fingerprint density at radius 3 is 2.19 bits per heavy atom. The third kappa shape index (κ3) is 9.37. The highest BCUT2D eigenvalue weighted by atomic mass is 16.6. The Kier molecular flexibility index (Phi) is 9.75. The molecule has 0 bridgehead atoms. The van der Waals surface area contributed by atoms with Gasteiger partial charge < -0.3 is 19.4 Å². The zero-order chi connectivity index (χ0) is 15.3. The highest BCUT2D eigenvalue weighted by Crippen LogP contribution is 2.20. The Labute approximate surface area is 128 Å². The zero-order valence-electron chi connectivity index (χ0n) is 13.0. The summed E-state index contributed by atoms with van der Waals surface area (Å²) in [4.78, 5) is 0. The normalized spacial score (nSPS) is 10.4. The SMILES string of the molecule is CCCCCCCCCCOc1cccc(OB(O)O)c1. The van der Waals surface area contributed by atoms with E-state index in [9.17, 15) is 0 Å². The minimum absolute atomic E-state index is 0.387. The molecule has 4 nitrogen and oxygen atoms in total. The number of hydrogen-bond acceptors (Lipinski definition) is 4. The summed E-state index contributed by atoms with van der Waals surface area (Å²) >= 11 is 0. The molecule has 0 unspecified atom stereocenters. The summed E-state index contributed by atoms with van der Waals surface area (Å²) in [6.45, 7) is 2.92. The number of benzene rings is 1. The Balaban J connectivity index is 2.07. The van der Waals surface area contributed by atoms with Gasteiger partial charge in [0.25, 0.3) is 0 Å². The van der Waals surface area contributed by atoms with Gasteiger partial charge in [0.05, 0.1) is 6.61 Å². The fourth-order valence-electron chi connectivity index (χ4n) is 2.18. The van der Waals surface area contributed by atoms with E-state index in [1.54, 1.807) is 18.2 Å². The average Bonchev–Trinajstić information content (AvgIpc) is 2.45. The molecule has 2 N–H and O–H groups in total. The van der Waals surface area contributed by atoms with Gasteiger partial charge in [0.15, 0.2) is 0 Å². The molecule has 0 aliphatic heterocycles. The van der Waals surface area contributed by atoms with Crippen molar-refractivity contribution < 1.29 is 19.4 Å². The average molecular weight is 294 g/mol. The first-order chi connectivity index (χ1) is 10.2. The zero-order valence-corrected chi connectivity index (χ0v) is 13.0. The van der Waals surface area contributed by atoms with E-state index in [4.69, 9.17) is 19.4 Å². The van der Waals surface area contributed by atoms with E-state index in [2.05, 4.69) is 6.92 Å². The molecule has 5 heteroatoms.